The summed E-state index contributed by atoms with van der Waals surface area (Å²) >= 11 is -0.305. The Morgan fingerprint density at radius 1 is 1.29 bits per heavy atom. The van der Waals surface area contributed by atoms with Gasteiger partial charge in [0.1, 0.15) is 34.1 Å². The third-order valence-electron chi connectivity index (χ3n) is 3.49. The Hall–Kier alpha value is -2.14. The van der Waals surface area contributed by atoms with Gasteiger partial charge in [-0.2, -0.15) is 13.2 Å². The molecule has 0 bridgehead atoms. The molecule has 3 rings (SSSR count). The minimum atomic E-state index is -4.43. The lowest BCUT2D eigenvalue weighted by atomic mass is 10.3. The summed E-state index contributed by atoms with van der Waals surface area (Å²) in [5, 5.41) is -0.205. The molecule has 0 N–H and O–H groups in total. The van der Waals surface area contributed by atoms with E-state index in [2.05, 4.69) is 15.0 Å². The van der Waals surface area contributed by atoms with Gasteiger partial charge in [0.15, 0.2) is 0 Å². The van der Waals surface area contributed by atoms with E-state index in [0.29, 0.717) is 27.8 Å². The molecule has 0 saturated carbocycles. The van der Waals surface area contributed by atoms with Crippen molar-refractivity contribution in [1.82, 2.24) is 19.4 Å². The molecule has 0 saturated heterocycles. The SMILES string of the molecule is CCS(=O)c1cc(OC(C)C)cnc1-c1cn2cnc(SC(F)(F)F)cc2n1. The van der Waals surface area contributed by atoms with Crippen LogP contribution < -0.4 is 4.74 Å². The number of pyridine rings is 1. The van der Waals surface area contributed by atoms with Gasteiger partial charge in [-0.25, -0.2) is 15.0 Å². The second-order valence-corrected chi connectivity index (χ2v) is 8.78. The first-order valence-electron chi connectivity index (χ1n) is 8.32. The van der Waals surface area contributed by atoms with Crippen LogP contribution in [0.4, 0.5) is 13.2 Å². The highest BCUT2D eigenvalue weighted by atomic mass is 32.2. The minimum Gasteiger partial charge on any atom is -0.489 e. The molecular formula is C17H17F3N4O2S2. The summed E-state index contributed by atoms with van der Waals surface area (Å²) in [4.78, 5) is 12.9. The Morgan fingerprint density at radius 3 is 2.68 bits per heavy atom. The molecule has 28 heavy (non-hydrogen) atoms. The van der Waals surface area contributed by atoms with Gasteiger partial charge in [-0.05, 0) is 13.8 Å². The molecule has 1 unspecified atom stereocenters. The van der Waals surface area contributed by atoms with Crippen LogP contribution in [0.5, 0.6) is 5.75 Å². The Kier molecular flexibility index (Phi) is 5.94. The number of thioether (sulfide) groups is 1. The number of imidazole rings is 1. The van der Waals surface area contributed by atoms with Crippen molar-refractivity contribution in [2.75, 3.05) is 5.75 Å². The molecule has 0 aliphatic rings. The lowest BCUT2D eigenvalue weighted by Gasteiger charge is -2.12. The molecule has 0 radical (unpaired) electrons. The number of nitrogens with zero attached hydrogens (tertiary/aromatic N) is 4. The fourth-order valence-corrected chi connectivity index (χ4v) is 3.88. The number of alkyl halides is 3. The fraction of sp³-hybridized carbons (Fsp3) is 0.353. The van der Waals surface area contributed by atoms with Crippen molar-refractivity contribution in [2.45, 2.75) is 42.3 Å². The van der Waals surface area contributed by atoms with Gasteiger partial charge in [-0.3, -0.25) is 8.61 Å². The summed E-state index contributed by atoms with van der Waals surface area (Å²) in [5.74, 6) is 0.867. The number of fused-ring (bicyclic) bond motifs is 1. The first-order chi connectivity index (χ1) is 13.2. The van der Waals surface area contributed by atoms with Gasteiger partial charge in [0.05, 0.1) is 28.0 Å². The third kappa shape index (κ3) is 4.82. The van der Waals surface area contributed by atoms with Crippen LogP contribution in [0.3, 0.4) is 0 Å². The maximum atomic E-state index is 12.6. The average molecular weight is 430 g/mol. The van der Waals surface area contributed by atoms with Gasteiger partial charge >= 0.3 is 5.51 Å². The fourth-order valence-electron chi connectivity index (χ4n) is 2.45. The van der Waals surface area contributed by atoms with Crippen molar-refractivity contribution in [3.05, 3.63) is 30.9 Å². The van der Waals surface area contributed by atoms with E-state index in [-0.39, 0.29) is 28.5 Å². The molecule has 11 heteroatoms. The molecule has 0 aliphatic heterocycles. The molecular weight excluding hydrogens is 413 g/mol. The normalized spacial score (nSPS) is 13.2. The lowest BCUT2D eigenvalue weighted by Crippen LogP contribution is -2.07. The molecule has 6 nitrogen and oxygen atoms in total. The molecule has 0 aliphatic carbocycles. The van der Waals surface area contributed by atoms with E-state index < -0.39 is 16.3 Å². The number of rotatable bonds is 6. The number of hydrogen-bond acceptors (Lipinski definition) is 6. The summed E-state index contributed by atoms with van der Waals surface area (Å²) in [6.07, 6.45) is 4.29. The molecule has 3 aromatic rings. The highest BCUT2D eigenvalue weighted by Crippen LogP contribution is 2.36. The van der Waals surface area contributed by atoms with Gasteiger partial charge in [0.2, 0.25) is 0 Å². The first-order valence-corrected chi connectivity index (χ1v) is 10.5. The van der Waals surface area contributed by atoms with Crippen LogP contribution in [0.1, 0.15) is 20.8 Å². The quantitative estimate of drug-likeness (QED) is 0.429. The van der Waals surface area contributed by atoms with Gasteiger partial charge in [0.25, 0.3) is 0 Å². The number of hydrogen-bond donors (Lipinski definition) is 0. The zero-order valence-corrected chi connectivity index (χ0v) is 16.9. The first kappa shape index (κ1) is 20.6. The molecule has 3 aromatic heterocycles. The third-order valence-corrected chi connectivity index (χ3v) is 5.48. The smallest absolute Gasteiger partial charge is 0.447 e. The van der Waals surface area contributed by atoms with Gasteiger partial charge in [-0.1, -0.05) is 6.92 Å². The van der Waals surface area contributed by atoms with Crippen molar-refractivity contribution in [3.8, 4) is 17.1 Å². The summed E-state index contributed by atoms with van der Waals surface area (Å²) in [6, 6.07) is 2.91. The van der Waals surface area contributed by atoms with E-state index >= 15 is 0 Å². The molecule has 150 valence electrons. The van der Waals surface area contributed by atoms with Gasteiger partial charge < -0.3 is 4.74 Å². The largest absolute Gasteiger partial charge is 0.489 e. The van der Waals surface area contributed by atoms with E-state index in [1.165, 1.54) is 23.0 Å². The summed E-state index contributed by atoms with van der Waals surface area (Å²) < 4.78 is 57.3. The predicted molar refractivity (Wildman–Crippen MR) is 101 cm³/mol. The van der Waals surface area contributed by atoms with Crippen LogP contribution in [0.2, 0.25) is 0 Å². The Morgan fingerprint density at radius 2 is 2.04 bits per heavy atom. The van der Waals surface area contributed by atoms with Crippen LogP contribution in [0.15, 0.2) is 40.8 Å². The monoisotopic (exact) mass is 430 g/mol. The van der Waals surface area contributed by atoms with Crippen molar-refractivity contribution in [3.63, 3.8) is 0 Å². The number of halogens is 3. The predicted octanol–water partition coefficient (Wildman–Crippen LogP) is 4.32. The van der Waals surface area contributed by atoms with Crippen LogP contribution in [-0.4, -0.2) is 40.9 Å². The Balaban J connectivity index is 2.04. The number of aromatic nitrogens is 4. The molecule has 0 spiro atoms. The lowest BCUT2D eigenvalue weighted by molar-refractivity contribution is -0.0329. The van der Waals surface area contributed by atoms with Crippen LogP contribution in [0, 0.1) is 0 Å². The van der Waals surface area contributed by atoms with Crippen molar-refractivity contribution >= 4 is 28.2 Å². The second-order valence-electron chi connectivity index (χ2n) is 5.99. The molecule has 0 aromatic carbocycles. The topological polar surface area (TPSA) is 69.4 Å². The molecule has 0 amide bonds. The van der Waals surface area contributed by atoms with Gasteiger partial charge in [-0.15, -0.1) is 0 Å². The molecule has 3 heterocycles. The van der Waals surface area contributed by atoms with E-state index in [4.69, 9.17) is 4.74 Å². The summed E-state index contributed by atoms with van der Waals surface area (Å²) in [6.45, 7) is 5.52. The number of ether oxygens (including phenoxy) is 1. The Bertz CT molecular complexity index is 1020. The molecule has 1 atom stereocenters. The van der Waals surface area contributed by atoms with Gasteiger partial charge in [0, 0.05) is 35.8 Å². The maximum absolute atomic E-state index is 12.6. The zero-order chi connectivity index (χ0) is 20.5. The minimum absolute atomic E-state index is 0.0682. The highest BCUT2D eigenvalue weighted by Gasteiger charge is 2.30. The molecule has 0 fully saturated rings. The highest BCUT2D eigenvalue weighted by molar-refractivity contribution is 8.00. The van der Waals surface area contributed by atoms with Crippen LogP contribution in [-0.2, 0) is 10.8 Å². The second kappa shape index (κ2) is 8.08. The maximum Gasteiger partial charge on any atom is 0.447 e. The summed E-state index contributed by atoms with van der Waals surface area (Å²) in [5.41, 5.74) is -3.36. The zero-order valence-electron chi connectivity index (χ0n) is 15.2. The van der Waals surface area contributed by atoms with Crippen LogP contribution >= 0.6 is 11.8 Å². The standard InChI is InChI=1S/C17H17F3N4O2S2/c1-4-28(25)13-5-11(26-10(2)3)7-21-16(13)12-8-24-9-22-15(6-14(24)23-12)27-17(18,19)20/h5-10H,4H2,1-3H3. The van der Waals surface area contributed by atoms with E-state index in [1.807, 2.05) is 13.8 Å². The van der Waals surface area contributed by atoms with Crippen LogP contribution in [0.25, 0.3) is 17.0 Å². The Labute approximate surface area is 166 Å². The van der Waals surface area contributed by atoms with E-state index in [9.17, 15) is 17.4 Å². The van der Waals surface area contributed by atoms with Crippen molar-refractivity contribution < 1.29 is 22.1 Å². The van der Waals surface area contributed by atoms with Crippen molar-refractivity contribution in [1.29, 1.82) is 0 Å². The summed E-state index contributed by atoms with van der Waals surface area (Å²) in [7, 11) is -1.33. The van der Waals surface area contributed by atoms with E-state index in [1.54, 1.807) is 19.2 Å². The average Bonchev–Trinajstić information content (AvgIpc) is 3.02. The van der Waals surface area contributed by atoms with E-state index in [0.717, 1.165) is 0 Å². The van der Waals surface area contributed by atoms with Crippen molar-refractivity contribution in [2.24, 2.45) is 0 Å².